The Kier molecular flexibility index (Phi) is 21.7. The van der Waals surface area contributed by atoms with Crippen LogP contribution in [0.1, 0.15) is 76.7 Å². The normalized spacial score (nSPS) is 9.37. The number of hydrogen-bond acceptors (Lipinski definition) is 3. The second-order valence-corrected chi connectivity index (χ2v) is 6.27. The van der Waals surface area contributed by atoms with E-state index in [0.717, 1.165) is 24.5 Å². The molecule has 1 aromatic carbocycles. The molecule has 0 aliphatic rings. The van der Waals surface area contributed by atoms with Crippen molar-refractivity contribution in [3.63, 3.8) is 0 Å². The first-order valence-corrected chi connectivity index (χ1v) is 9.65. The topological polar surface area (TPSA) is 63.6 Å². The van der Waals surface area contributed by atoms with Crippen LogP contribution in [0.25, 0.3) is 0 Å². The van der Waals surface area contributed by atoms with Crippen LogP contribution in [0.5, 0.6) is 0 Å². The average Bonchev–Trinajstić information content (AvgIpc) is 2.66. The van der Waals surface area contributed by atoms with Crippen LogP contribution >= 0.6 is 0 Å². The van der Waals surface area contributed by atoms with Crippen LogP contribution in [0.2, 0.25) is 0 Å². The Labute approximate surface area is 181 Å². The number of unbranched alkanes of at least 4 members (excludes halogenated alkanes) is 8. The van der Waals surface area contributed by atoms with E-state index < -0.39 is 5.97 Å². The standard InChI is InChI=1S/C12H24O2.C10H10O2.Sn.2H/c1-2-3-4-5-6-7-8-9-10-11-12(13)14;1-2-10(11)12-8-9-6-4-3-5-7-9;;;/h2-11H2,1H3,(H,13,14);2-7H,1,8H2;;;. The fourth-order valence-corrected chi connectivity index (χ4v) is 2.37. The van der Waals surface area contributed by atoms with Gasteiger partial charge in [0.15, 0.2) is 0 Å². The van der Waals surface area contributed by atoms with E-state index >= 15 is 0 Å². The summed E-state index contributed by atoms with van der Waals surface area (Å²) in [6, 6.07) is 9.51. The number of benzene rings is 1. The quantitative estimate of drug-likeness (QED) is 0.186. The summed E-state index contributed by atoms with van der Waals surface area (Å²) in [5.41, 5.74) is 0.979. The molecule has 2 radical (unpaired) electrons. The molecule has 1 N–H and O–H groups in total. The fraction of sp³-hybridized carbons (Fsp3) is 0.545. The van der Waals surface area contributed by atoms with Crippen molar-refractivity contribution in [3.05, 3.63) is 48.6 Å². The Bertz CT molecular complexity index is 488. The SMILES string of the molecule is C=CC(=O)OCc1ccccc1.CCCCCCCCCCCC(=O)O.[SnH2]. The zero-order valence-electron chi connectivity index (χ0n) is 16.8. The van der Waals surface area contributed by atoms with Crippen molar-refractivity contribution in [1.82, 2.24) is 0 Å². The van der Waals surface area contributed by atoms with Gasteiger partial charge in [-0.05, 0) is 12.0 Å². The van der Waals surface area contributed by atoms with E-state index in [1.165, 1.54) is 44.9 Å². The van der Waals surface area contributed by atoms with Gasteiger partial charge in [0.05, 0.1) is 0 Å². The van der Waals surface area contributed by atoms with Gasteiger partial charge in [0.25, 0.3) is 0 Å². The molecule has 0 heterocycles. The predicted molar refractivity (Wildman–Crippen MR) is 114 cm³/mol. The average molecular weight is 483 g/mol. The molecule has 0 amide bonds. The number of hydrogen-bond donors (Lipinski definition) is 1. The molecule has 0 aliphatic heterocycles. The minimum absolute atomic E-state index is 0. The Morgan fingerprint density at radius 3 is 1.96 bits per heavy atom. The second kappa shape index (κ2) is 21.0. The first kappa shape index (κ1) is 27.9. The van der Waals surface area contributed by atoms with Crippen molar-refractivity contribution in [2.24, 2.45) is 0 Å². The van der Waals surface area contributed by atoms with Gasteiger partial charge < -0.3 is 9.84 Å². The summed E-state index contributed by atoms with van der Waals surface area (Å²) in [6.07, 6.45) is 12.6. The van der Waals surface area contributed by atoms with E-state index in [9.17, 15) is 9.59 Å². The van der Waals surface area contributed by atoms with Crippen LogP contribution < -0.4 is 0 Å². The van der Waals surface area contributed by atoms with Crippen LogP contribution in [-0.2, 0) is 20.9 Å². The molecule has 0 bridgehead atoms. The number of aliphatic carboxylic acids is 1. The van der Waals surface area contributed by atoms with E-state index in [2.05, 4.69) is 13.5 Å². The number of carboxylic acid groups (broad SMARTS) is 1. The van der Waals surface area contributed by atoms with Crippen molar-refractivity contribution in [1.29, 1.82) is 0 Å². The third-order valence-corrected chi connectivity index (χ3v) is 3.88. The van der Waals surface area contributed by atoms with Gasteiger partial charge in [0.2, 0.25) is 0 Å². The number of carbonyl (C=O) groups is 2. The Morgan fingerprint density at radius 2 is 1.48 bits per heavy atom. The molecule has 152 valence electrons. The molecule has 0 aliphatic carbocycles. The van der Waals surface area contributed by atoms with Crippen molar-refractivity contribution in [3.8, 4) is 0 Å². The van der Waals surface area contributed by atoms with Gasteiger partial charge in [-0.15, -0.1) is 0 Å². The summed E-state index contributed by atoms with van der Waals surface area (Å²) in [7, 11) is 0. The van der Waals surface area contributed by atoms with E-state index in [4.69, 9.17) is 9.84 Å². The molecular formula is C22H36O4Sn. The third-order valence-electron chi connectivity index (χ3n) is 3.88. The van der Waals surface area contributed by atoms with Crippen molar-refractivity contribution >= 4 is 35.8 Å². The van der Waals surface area contributed by atoms with Crippen LogP contribution in [0, 0.1) is 0 Å². The Hall–Kier alpha value is -1.30. The van der Waals surface area contributed by atoms with Crippen molar-refractivity contribution in [2.75, 3.05) is 0 Å². The van der Waals surface area contributed by atoms with Gasteiger partial charge in [-0.25, -0.2) is 4.79 Å². The molecule has 0 fully saturated rings. The molecule has 0 saturated heterocycles. The van der Waals surface area contributed by atoms with Crippen LogP contribution in [0.15, 0.2) is 43.0 Å². The first-order valence-electron chi connectivity index (χ1n) is 9.65. The van der Waals surface area contributed by atoms with Crippen LogP contribution in [-0.4, -0.2) is 41.0 Å². The minimum atomic E-state index is -0.659. The molecule has 4 nitrogen and oxygen atoms in total. The summed E-state index contributed by atoms with van der Waals surface area (Å²) >= 11 is 0. The van der Waals surface area contributed by atoms with Crippen LogP contribution in [0.4, 0.5) is 0 Å². The second-order valence-electron chi connectivity index (χ2n) is 6.27. The molecule has 5 heteroatoms. The monoisotopic (exact) mass is 484 g/mol. The molecule has 0 atom stereocenters. The summed E-state index contributed by atoms with van der Waals surface area (Å²) in [6.45, 7) is 5.84. The zero-order chi connectivity index (χ0) is 19.5. The summed E-state index contributed by atoms with van der Waals surface area (Å²) in [4.78, 5) is 20.9. The van der Waals surface area contributed by atoms with Gasteiger partial charge in [-0.2, -0.15) is 0 Å². The van der Waals surface area contributed by atoms with Crippen molar-refractivity contribution < 1.29 is 19.4 Å². The predicted octanol–water partition coefficient (Wildman–Crippen LogP) is 4.99. The summed E-state index contributed by atoms with van der Waals surface area (Å²) in [5, 5.41) is 8.41. The number of carboxylic acids is 1. The third kappa shape index (κ3) is 20.9. The van der Waals surface area contributed by atoms with E-state index in [1.807, 2.05) is 30.3 Å². The molecule has 1 rings (SSSR count). The molecule has 0 unspecified atom stereocenters. The van der Waals surface area contributed by atoms with Crippen molar-refractivity contribution in [2.45, 2.75) is 77.7 Å². The number of carbonyl (C=O) groups excluding carboxylic acids is 1. The van der Waals surface area contributed by atoms with E-state index in [0.29, 0.717) is 13.0 Å². The zero-order valence-corrected chi connectivity index (χ0v) is 20.9. The molecule has 27 heavy (non-hydrogen) atoms. The maximum atomic E-state index is 10.6. The summed E-state index contributed by atoms with van der Waals surface area (Å²) < 4.78 is 4.82. The molecular weight excluding hydrogens is 447 g/mol. The van der Waals surface area contributed by atoms with E-state index in [1.54, 1.807) is 0 Å². The number of ether oxygens (including phenoxy) is 1. The number of rotatable bonds is 13. The molecule has 0 saturated carbocycles. The molecule has 0 spiro atoms. The van der Waals surface area contributed by atoms with Gasteiger partial charge in [0.1, 0.15) is 6.61 Å². The summed E-state index contributed by atoms with van der Waals surface area (Å²) in [5.74, 6) is -1.05. The van der Waals surface area contributed by atoms with Gasteiger partial charge in [-0.1, -0.05) is 95.2 Å². The van der Waals surface area contributed by atoms with Crippen LogP contribution in [0.3, 0.4) is 0 Å². The Morgan fingerprint density at radius 1 is 0.963 bits per heavy atom. The van der Waals surface area contributed by atoms with Gasteiger partial charge in [0, 0.05) is 12.5 Å². The molecule has 1 aromatic rings. The Balaban J connectivity index is 0. The molecule has 0 aromatic heterocycles. The fourth-order valence-electron chi connectivity index (χ4n) is 2.37. The van der Waals surface area contributed by atoms with Gasteiger partial charge in [-0.3, -0.25) is 4.79 Å². The van der Waals surface area contributed by atoms with E-state index in [-0.39, 0.29) is 29.9 Å². The maximum absolute atomic E-state index is 10.6. The first-order chi connectivity index (χ1) is 12.6. The number of esters is 1. The van der Waals surface area contributed by atoms with Gasteiger partial charge >= 0.3 is 35.8 Å².